The van der Waals surface area contributed by atoms with Crippen molar-refractivity contribution in [2.24, 2.45) is 23.2 Å². The van der Waals surface area contributed by atoms with Crippen LogP contribution in [0.4, 0.5) is 0 Å². The minimum atomic E-state index is -2.29. The van der Waals surface area contributed by atoms with E-state index in [4.69, 9.17) is 40.0 Å². The molecular weight excluding hydrogens is 600 g/mol. The van der Waals surface area contributed by atoms with Gasteiger partial charge in [-0.1, -0.05) is 33.4 Å². The molecule has 4 aliphatic rings. The summed E-state index contributed by atoms with van der Waals surface area (Å²) in [5.74, 6) is -6.06. The number of rotatable bonds is 6. The van der Waals surface area contributed by atoms with Gasteiger partial charge in [-0.3, -0.25) is 24.0 Å². The van der Waals surface area contributed by atoms with E-state index in [2.05, 4.69) is 6.58 Å². The molecule has 4 rings (SSSR count). The molecule has 2 aliphatic carbocycles. The Balaban J connectivity index is 2.06. The second kappa shape index (κ2) is 12.1. The van der Waals surface area contributed by atoms with Crippen molar-refractivity contribution < 1.29 is 57.5 Å². The Bertz CT molecular complexity index is 1260. The van der Waals surface area contributed by atoms with Crippen LogP contribution in [0, 0.1) is 23.2 Å². The molecule has 3 fully saturated rings. The highest BCUT2D eigenvalue weighted by Gasteiger charge is 2.78. The fourth-order valence-corrected chi connectivity index (χ4v) is 7.47. The molecule has 244 valence electrons. The average Bonchev–Trinajstić information content (AvgIpc) is 3.65. The molecular formula is C31H41ClO12. The lowest BCUT2D eigenvalue weighted by molar-refractivity contribution is -0.254. The lowest BCUT2D eigenvalue weighted by Crippen LogP contribution is -2.72. The maximum atomic E-state index is 13.1. The van der Waals surface area contributed by atoms with Crippen LogP contribution >= 0.6 is 11.6 Å². The van der Waals surface area contributed by atoms with Crippen molar-refractivity contribution in [2.45, 2.75) is 108 Å². The molecule has 0 amide bonds. The zero-order chi connectivity index (χ0) is 32.9. The molecule has 1 saturated carbocycles. The van der Waals surface area contributed by atoms with E-state index in [0.29, 0.717) is 0 Å². The van der Waals surface area contributed by atoms with Crippen molar-refractivity contribution >= 4 is 41.4 Å². The predicted octanol–water partition coefficient (Wildman–Crippen LogP) is 2.56. The highest BCUT2D eigenvalue weighted by Crippen LogP contribution is 2.63. The molecule has 13 heteroatoms. The zero-order valence-electron chi connectivity index (χ0n) is 26.0. The standard InChI is InChI=1S/C31H41ClO12/c1-14(2)11-23(36)43-22-12-21(41-18(6)34)29(8)20(40-17(5)33)10-9-15(3)24(32)26-31(38,16(4)28(37)44-26)27(42-19(7)35)25(29)30(22)13-39-30/h9-10,14,16,20-22,24-27,38H,3,11-13H2,1-2,4-8H3/t16-,20-,21-,22+,24?,25+,26-,27-,29-,30+,31-/m0/s1. The third-order valence-electron chi connectivity index (χ3n) is 9.31. The number of aliphatic hydroxyl groups is 1. The van der Waals surface area contributed by atoms with Gasteiger partial charge in [0.15, 0.2) is 11.7 Å². The first-order valence-electron chi connectivity index (χ1n) is 14.7. The number of epoxide rings is 1. The summed E-state index contributed by atoms with van der Waals surface area (Å²) >= 11 is 6.78. The van der Waals surface area contributed by atoms with E-state index in [9.17, 15) is 29.1 Å². The summed E-state index contributed by atoms with van der Waals surface area (Å²) in [6.07, 6.45) is -3.46. The third kappa shape index (κ3) is 5.76. The molecule has 1 N–H and O–H groups in total. The summed E-state index contributed by atoms with van der Waals surface area (Å²) in [7, 11) is 0. The third-order valence-corrected chi connectivity index (χ3v) is 9.82. The number of fused-ring (bicyclic) bond motifs is 3. The number of hydrogen-bond donors (Lipinski definition) is 1. The molecule has 1 unspecified atom stereocenters. The van der Waals surface area contributed by atoms with E-state index in [-0.39, 0.29) is 30.9 Å². The second-order valence-electron chi connectivity index (χ2n) is 12.9. The van der Waals surface area contributed by atoms with Gasteiger partial charge in [0.25, 0.3) is 0 Å². The van der Waals surface area contributed by atoms with Crippen LogP contribution in [-0.4, -0.2) is 88.7 Å². The fourth-order valence-electron chi connectivity index (χ4n) is 7.15. The van der Waals surface area contributed by atoms with E-state index in [1.165, 1.54) is 32.9 Å². The van der Waals surface area contributed by atoms with Gasteiger partial charge in [-0.25, -0.2) is 0 Å². The number of halogens is 1. The SMILES string of the molecule is C=C1C=C[C@H](OC(C)=O)[C@@]2(C)[C@@H](OC(C)=O)C[C@@H](OC(=O)CC(C)C)[C@]3(CO3)[C@@H]2[C@H](OC(C)=O)[C@]2(O)[C@@H](C)C(=O)O[C@H]2C1Cl. The summed E-state index contributed by atoms with van der Waals surface area (Å²) in [6.45, 7) is 14.3. The Labute approximate surface area is 261 Å². The molecule has 1 spiro atoms. The van der Waals surface area contributed by atoms with Gasteiger partial charge in [-0.05, 0) is 24.5 Å². The summed E-state index contributed by atoms with van der Waals surface area (Å²) in [6, 6.07) is 0. The van der Waals surface area contributed by atoms with Crippen molar-refractivity contribution in [2.75, 3.05) is 6.61 Å². The molecule has 0 aromatic rings. The van der Waals surface area contributed by atoms with Gasteiger partial charge in [0.1, 0.15) is 30.0 Å². The van der Waals surface area contributed by atoms with Gasteiger partial charge < -0.3 is 33.5 Å². The van der Waals surface area contributed by atoms with Gasteiger partial charge in [0, 0.05) is 39.5 Å². The molecule has 12 nitrogen and oxygen atoms in total. The maximum Gasteiger partial charge on any atom is 0.312 e. The largest absolute Gasteiger partial charge is 0.462 e. The molecule has 0 aromatic carbocycles. The number of hydrogen-bond acceptors (Lipinski definition) is 12. The number of esters is 5. The maximum absolute atomic E-state index is 13.1. The quantitative estimate of drug-likeness (QED) is 0.196. The van der Waals surface area contributed by atoms with Crippen molar-refractivity contribution in [3.63, 3.8) is 0 Å². The van der Waals surface area contributed by atoms with Gasteiger partial charge in [-0.2, -0.15) is 0 Å². The molecule has 0 bridgehead atoms. The van der Waals surface area contributed by atoms with Gasteiger partial charge >= 0.3 is 29.8 Å². The van der Waals surface area contributed by atoms with E-state index in [0.717, 1.165) is 6.92 Å². The molecule has 0 aromatic heterocycles. The first kappa shape index (κ1) is 33.9. The first-order valence-corrected chi connectivity index (χ1v) is 15.1. The number of allylic oxidation sites excluding steroid dienone is 1. The number of ether oxygens (including phenoxy) is 6. The first-order chi connectivity index (χ1) is 20.4. The lowest BCUT2D eigenvalue weighted by atomic mass is 9.52. The molecule has 2 saturated heterocycles. The second-order valence-corrected chi connectivity index (χ2v) is 13.3. The van der Waals surface area contributed by atoms with Crippen LogP contribution in [0.3, 0.4) is 0 Å². The minimum Gasteiger partial charge on any atom is -0.462 e. The smallest absolute Gasteiger partial charge is 0.312 e. The van der Waals surface area contributed by atoms with Crippen LogP contribution < -0.4 is 0 Å². The summed E-state index contributed by atoms with van der Waals surface area (Å²) in [5.41, 5.74) is -5.03. The Morgan fingerprint density at radius 1 is 1.07 bits per heavy atom. The highest BCUT2D eigenvalue weighted by molar-refractivity contribution is 6.23. The predicted molar refractivity (Wildman–Crippen MR) is 153 cm³/mol. The summed E-state index contributed by atoms with van der Waals surface area (Å²) in [5, 5.41) is 11.5. The van der Waals surface area contributed by atoms with Crippen LogP contribution in [0.1, 0.15) is 61.3 Å². The fraction of sp³-hybridized carbons (Fsp3) is 0.710. The monoisotopic (exact) mass is 640 g/mol. The Morgan fingerprint density at radius 3 is 2.18 bits per heavy atom. The van der Waals surface area contributed by atoms with Gasteiger partial charge in [-0.15, -0.1) is 11.6 Å². The van der Waals surface area contributed by atoms with Crippen molar-refractivity contribution in [3.8, 4) is 0 Å². The number of carbonyl (C=O) groups is 5. The van der Waals surface area contributed by atoms with Crippen LogP contribution in [0.5, 0.6) is 0 Å². The van der Waals surface area contributed by atoms with E-state index >= 15 is 0 Å². The van der Waals surface area contributed by atoms with Crippen molar-refractivity contribution in [1.29, 1.82) is 0 Å². The Morgan fingerprint density at radius 2 is 1.66 bits per heavy atom. The average molecular weight is 641 g/mol. The summed E-state index contributed by atoms with van der Waals surface area (Å²) < 4.78 is 35.4. The Kier molecular flexibility index (Phi) is 9.32. The Hall–Kier alpha value is -2.96. The highest BCUT2D eigenvalue weighted by atomic mass is 35.5. The summed E-state index contributed by atoms with van der Waals surface area (Å²) in [4.78, 5) is 64.0. The van der Waals surface area contributed by atoms with Crippen LogP contribution in [-0.2, 0) is 52.4 Å². The molecule has 11 atom stereocenters. The van der Waals surface area contributed by atoms with Crippen molar-refractivity contribution in [3.05, 3.63) is 24.3 Å². The van der Waals surface area contributed by atoms with Crippen LogP contribution in [0.2, 0.25) is 0 Å². The van der Waals surface area contributed by atoms with E-state index in [1.807, 2.05) is 13.8 Å². The van der Waals surface area contributed by atoms with E-state index < -0.39 is 94.2 Å². The van der Waals surface area contributed by atoms with E-state index in [1.54, 1.807) is 6.92 Å². The minimum absolute atomic E-state index is 0.0190. The topological polar surface area (TPSA) is 164 Å². The van der Waals surface area contributed by atoms with Crippen LogP contribution in [0.25, 0.3) is 0 Å². The van der Waals surface area contributed by atoms with Gasteiger partial charge in [0.2, 0.25) is 0 Å². The normalized spacial score (nSPS) is 41.2. The zero-order valence-corrected chi connectivity index (χ0v) is 26.8. The number of alkyl halides is 1. The molecule has 2 heterocycles. The molecule has 0 radical (unpaired) electrons. The lowest BCUT2D eigenvalue weighted by Gasteiger charge is -2.57. The van der Waals surface area contributed by atoms with Gasteiger partial charge in [0.05, 0.1) is 23.3 Å². The van der Waals surface area contributed by atoms with Crippen LogP contribution in [0.15, 0.2) is 24.3 Å². The number of carbonyl (C=O) groups excluding carboxylic acids is 5. The molecule has 2 aliphatic heterocycles. The molecule has 44 heavy (non-hydrogen) atoms. The van der Waals surface area contributed by atoms with Crippen molar-refractivity contribution in [1.82, 2.24) is 0 Å².